The van der Waals surface area contributed by atoms with Crippen LogP contribution in [-0.4, -0.2) is 33.3 Å². The first-order chi connectivity index (χ1) is 8.87. The summed E-state index contributed by atoms with van der Waals surface area (Å²) in [5.74, 6) is 0. The van der Waals surface area contributed by atoms with Gasteiger partial charge in [-0.2, -0.15) is 5.10 Å². The summed E-state index contributed by atoms with van der Waals surface area (Å²) in [6, 6.07) is 2.04. The summed E-state index contributed by atoms with van der Waals surface area (Å²) < 4.78 is 5.48. The quantitative estimate of drug-likeness (QED) is 0.848. The molecule has 1 amide bonds. The Morgan fingerprint density at radius 2 is 2.21 bits per heavy atom. The predicted molar refractivity (Wildman–Crippen MR) is 72.9 cm³/mol. The van der Waals surface area contributed by atoms with Gasteiger partial charge in [0.2, 0.25) is 0 Å². The van der Waals surface area contributed by atoms with Crippen molar-refractivity contribution in [3.8, 4) is 0 Å². The molecule has 5 nitrogen and oxygen atoms in total. The van der Waals surface area contributed by atoms with Crippen molar-refractivity contribution in [2.45, 2.75) is 58.6 Å². The number of carbonyl (C=O) groups is 1. The summed E-state index contributed by atoms with van der Waals surface area (Å²) in [7, 11) is 0. The minimum atomic E-state index is -0.458. The van der Waals surface area contributed by atoms with E-state index in [1.54, 1.807) is 0 Å². The average Bonchev–Trinajstić information content (AvgIpc) is 2.73. The number of aromatic nitrogens is 2. The van der Waals surface area contributed by atoms with Gasteiger partial charge in [-0.15, -0.1) is 0 Å². The Labute approximate surface area is 114 Å². The number of hydrogen-bond acceptors (Lipinski definition) is 3. The van der Waals surface area contributed by atoms with Gasteiger partial charge in [0, 0.05) is 12.2 Å². The number of ether oxygens (including phenoxy) is 1. The van der Waals surface area contributed by atoms with E-state index in [1.807, 2.05) is 38.7 Å². The lowest BCUT2D eigenvalue weighted by Gasteiger charge is -2.35. The van der Waals surface area contributed by atoms with E-state index in [-0.39, 0.29) is 12.1 Å². The molecule has 2 heterocycles. The molecule has 0 aromatic carbocycles. The number of nitrogens with zero attached hydrogens (tertiary/aromatic N) is 2. The highest BCUT2D eigenvalue weighted by Crippen LogP contribution is 2.31. The molecule has 0 bridgehead atoms. The van der Waals surface area contributed by atoms with Crippen molar-refractivity contribution < 1.29 is 9.53 Å². The number of likely N-dealkylation sites (tertiary alicyclic amines) is 1. The first kappa shape index (κ1) is 13.9. The minimum Gasteiger partial charge on any atom is -0.444 e. The van der Waals surface area contributed by atoms with Crippen molar-refractivity contribution in [1.29, 1.82) is 0 Å². The van der Waals surface area contributed by atoms with Crippen LogP contribution in [0.3, 0.4) is 0 Å². The molecular formula is C14H23N3O2. The third kappa shape index (κ3) is 3.49. The van der Waals surface area contributed by atoms with E-state index in [0.717, 1.165) is 37.2 Å². The molecular weight excluding hydrogens is 242 g/mol. The van der Waals surface area contributed by atoms with Crippen molar-refractivity contribution in [2.75, 3.05) is 6.54 Å². The molecule has 0 radical (unpaired) electrons. The van der Waals surface area contributed by atoms with Crippen LogP contribution >= 0.6 is 0 Å². The molecule has 106 valence electrons. The van der Waals surface area contributed by atoms with Gasteiger partial charge in [-0.1, -0.05) is 0 Å². The Morgan fingerprint density at radius 3 is 2.79 bits per heavy atom. The Hall–Kier alpha value is -1.52. The van der Waals surface area contributed by atoms with E-state index in [4.69, 9.17) is 4.74 Å². The highest BCUT2D eigenvalue weighted by Gasteiger charge is 2.32. The molecule has 2 rings (SSSR count). The molecule has 0 aliphatic carbocycles. The number of amides is 1. The van der Waals surface area contributed by atoms with Crippen LogP contribution in [-0.2, 0) is 4.74 Å². The zero-order valence-corrected chi connectivity index (χ0v) is 12.2. The molecule has 1 aromatic rings. The highest BCUT2D eigenvalue weighted by atomic mass is 16.6. The Kier molecular flexibility index (Phi) is 3.83. The van der Waals surface area contributed by atoms with Gasteiger partial charge < -0.3 is 4.74 Å². The Bertz CT molecular complexity index is 448. The second kappa shape index (κ2) is 5.23. The molecule has 0 spiro atoms. The predicted octanol–water partition coefficient (Wildman–Crippen LogP) is 3.18. The van der Waals surface area contributed by atoms with Crippen LogP contribution in [0.5, 0.6) is 0 Å². The van der Waals surface area contributed by atoms with E-state index in [2.05, 4.69) is 10.2 Å². The summed E-state index contributed by atoms with van der Waals surface area (Å²) >= 11 is 0. The maximum absolute atomic E-state index is 12.3. The van der Waals surface area contributed by atoms with E-state index >= 15 is 0 Å². The summed E-state index contributed by atoms with van der Waals surface area (Å²) in [6.07, 6.45) is 2.86. The van der Waals surface area contributed by atoms with Gasteiger partial charge in [0.1, 0.15) is 5.60 Å². The largest absolute Gasteiger partial charge is 0.444 e. The molecule has 1 fully saturated rings. The number of nitrogens with one attached hydrogen (secondary N) is 1. The van der Waals surface area contributed by atoms with Crippen molar-refractivity contribution in [1.82, 2.24) is 15.1 Å². The zero-order chi connectivity index (χ0) is 14.0. The lowest BCUT2D eigenvalue weighted by molar-refractivity contribution is 0.00900. The molecule has 1 unspecified atom stereocenters. The van der Waals surface area contributed by atoms with E-state index in [1.165, 1.54) is 0 Å². The number of H-pyrrole nitrogens is 1. The van der Waals surface area contributed by atoms with Gasteiger partial charge in [-0.05, 0) is 53.0 Å². The normalized spacial score (nSPS) is 20.4. The topological polar surface area (TPSA) is 58.2 Å². The first-order valence-corrected chi connectivity index (χ1v) is 6.88. The van der Waals surface area contributed by atoms with Crippen molar-refractivity contribution in [3.05, 3.63) is 17.5 Å². The fourth-order valence-electron chi connectivity index (χ4n) is 2.39. The molecule has 0 saturated carbocycles. The number of rotatable bonds is 1. The number of piperidine rings is 1. The van der Waals surface area contributed by atoms with Crippen molar-refractivity contribution in [3.63, 3.8) is 0 Å². The number of aryl methyl sites for hydroxylation is 1. The van der Waals surface area contributed by atoms with Gasteiger partial charge in [0.25, 0.3) is 0 Å². The lowest BCUT2D eigenvalue weighted by atomic mass is 10.00. The molecule has 5 heteroatoms. The lowest BCUT2D eigenvalue weighted by Crippen LogP contribution is -2.42. The smallest absolute Gasteiger partial charge is 0.410 e. The van der Waals surface area contributed by atoms with Crippen LogP contribution in [0.15, 0.2) is 6.07 Å². The Balaban J connectivity index is 2.14. The standard InChI is InChI=1S/C14H23N3O2/c1-10-9-11(16-15-10)12-7-5-6-8-17(12)13(18)19-14(2,3)4/h9,12H,5-8H2,1-4H3,(H,15,16). The fraction of sp³-hybridized carbons (Fsp3) is 0.714. The second-order valence-electron chi connectivity index (χ2n) is 6.16. The highest BCUT2D eigenvalue weighted by molar-refractivity contribution is 5.69. The van der Waals surface area contributed by atoms with Crippen LogP contribution in [0, 0.1) is 6.92 Å². The average molecular weight is 265 g/mol. The van der Waals surface area contributed by atoms with Gasteiger partial charge in [0.15, 0.2) is 0 Å². The molecule has 1 atom stereocenters. The van der Waals surface area contributed by atoms with Gasteiger partial charge in [-0.25, -0.2) is 4.79 Å². The summed E-state index contributed by atoms with van der Waals surface area (Å²) in [5, 5.41) is 7.24. The van der Waals surface area contributed by atoms with Crippen LogP contribution in [0.1, 0.15) is 57.5 Å². The first-order valence-electron chi connectivity index (χ1n) is 6.88. The second-order valence-corrected chi connectivity index (χ2v) is 6.16. The minimum absolute atomic E-state index is 0.0357. The number of aromatic amines is 1. The van der Waals surface area contributed by atoms with Crippen molar-refractivity contribution in [2.24, 2.45) is 0 Å². The van der Waals surface area contributed by atoms with Gasteiger partial charge >= 0.3 is 6.09 Å². The maximum atomic E-state index is 12.3. The zero-order valence-electron chi connectivity index (χ0n) is 12.2. The third-order valence-corrected chi connectivity index (χ3v) is 3.20. The summed E-state index contributed by atoms with van der Waals surface area (Å²) in [4.78, 5) is 14.1. The molecule has 1 N–H and O–H groups in total. The van der Waals surface area contributed by atoms with Crippen LogP contribution in [0.2, 0.25) is 0 Å². The monoisotopic (exact) mass is 265 g/mol. The summed E-state index contributed by atoms with van der Waals surface area (Å²) in [6.45, 7) is 8.39. The van der Waals surface area contributed by atoms with Gasteiger partial charge in [0.05, 0.1) is 11.7 Å². The maximum Gasteiger partial charge on any atom is 0.410 e. The SMILES string of the molecule is Cc1cc(C2CCCCN2C(=O)OC(C)(C)C)n[nH]1. The molecule has 19 heavy (non-hydrogen) atoms. The molecule has 1 aliphatic heterocycles. The molecule has 1 saturated heterocycles. The summed E-state index contributed by atoms with van der Waals surface area (Å²) in [5.41, 5.74) is 1.49. The molecule has 1 aliphatic rings. The molecule has 1 aromatic heterocycles. The van der Waals surface area contributed by atoms with E-state index in [0.29, 0.717) is 0 Å². The van der Waals surface area contributed by atoms with Crippen LogP contribution in [0.4, 0.5) is 4.79 Å². The van der Waals surface area contributed by atoms with E-state index < -0.39 is 5.60 Å². The number of hydrogen-bond donors (Lipinski definition) is 1. The number of carbonyl (C=O) groups excluding carboxylic acids is 1. The van der Waals surface area contributed by atoms with Gasteiger partial charge in [-0.3, -0.25) is 10.00 Å². The van der Waals surface area contributed by atoms with Crippen LogP contribution in [0.25, 0.3) is 0 Å². The third-order valence-electron chi connectivity index (χ3n) is 3.20. The fourth-order valence-corrected chi connectivity index (χ4v) is 2.39. The van der Waals surface area contributed by atoms with Crippen molar-refractivity contribution >= 4 is 6.09 Å². The Morgan fingerprint density at radius 1 is 1.47 bits per heavy atom. The van der Waals surface area contributed by atoms with Crippen LogP contribution < -0.4 is 0 Å². The van der Waals surface area contributed by atoms with E-state index in [9.17, 15) is 4.79 Å².